The maximum Gasteiger partial charge on any atom is 0.265 e. The molecule has 0 saturated carbocycles. The molecule has 7 heteroatoms. The van der Waals surface area contributed by atoms with E-state index < -0.39 is 0 Å². The molecule has 1 saturated heterocycles. The standard InChI is InChI=1S/C18H31N3O3S/c1-12(2)17-19-13(3)16(25-17)18(23)21-9-14(15(10-21)11-22)8-20(4)6-7-24-5/h12,14-15,22H,6-11H2,1-5H3. The highest BCUT2D eigenvalue weighted by molar-refractivity contribution is 7.13. The van der Waals surface area contributed by atoms with Crippen LogP contribution in [0.25, 0.3) is 0 Å². The van der Waals surface area contributed by atoms with E-state index in [4.69, 9.17) is 4.74 Å². The number of aliphatic hydroxyl groups excluding tert-OH is 1. The fourth-order valence-corrected chi connectivity index (χ4v) is 4.30. The molecule has 1 aromatic rings. The number of aryl methyl sites for hydroxylation is 1. The van der Waals surface area contributed by atoms with Gasteiger partial charge in [0.05, 0.1) is 17.3 Å². The van der Waals surface area contributed by atoms with Crippen LogP contribution in [0.3, 0.4) is 0 Å². The van der Waals surface area contributed by atoms with Gasteiger partial charge in [-0.25, -0.2) is 4.98 Å². The lowest BCUT2D eigenvalue weighted by Gasteiger charge is -2.23. The molecular formula is C18H31N3O3S. The maximum absolute atomic E-state index is 12.9. The first-order valence-electron chi connectivity index (χ1n) is 8.92. The van der Waals surface area contributed by atoms with Crippen LogP contribution in [-0.4, -0.2) is 79.3 Å². The molecule has 2 heterocycles. The van der Waals surface area contributed by atoms with Gasteiger partial charge in [-0.1, -0.05) is 13.8 Å². The number of aromatic nitrogens is 1. The first-order valence-corrected chi connectivity index (χ1v) is 9.73. The number of likely N-dealkylation sites (N-methyl/N-ethyl adjacent to an activating group) is 1. The molecule has 1 aliphatic rings. The molecule has 0 radical (unpaired) electrons. The van der Waals surface area contributed by atoms with E-state index in [0.29, 0.717) is 25.6 Å². The lowest BCUT2D eigenvalue weighted by molar-refractivity contribution is 0.0782. The van der Waals surface area contributed by atoms with Crippen LogP contribution < -0.4 is 0 Å². The van der Waals surface area contributed by atoms with E-state index in [1.54, 1.807) is 7.11 Å². The summed E-state index contributed by atoms with van der Waals surface area (Å²) in [7, 11) is 3.75. The number of carbonyl (C=O) groups is 1. The van der Waals surface area contributed by atoms with Crippen molar-refractivity contribution in [3.63, 3.8) is 0 Å². The van der Waals surface area contributed by atoms with Crippen molar-refractivity contribution in [1.29, 1.82) is 0 Å². The van der Waals surface area contributed by atoms with Crippen LogP contribution in [0.2, 0.25) is 0 Å². The molecule has 2 rings (SSSR count). The van der Waals surface area contributed by atoms with Crippen LogP contribution in [0, 0.1) is 18.8 Å². The summed E-state index contributed by atoms with van der Waals surface area (Å²) in [4.78, 5) is 22.3. The summed E-state index contributed by atoms with van der Waals surface area (Å²) in [6.45, 7) is 9.92. The minimum atomic E-state index is 0.0578. The summed E-state index contributed by atoms with van der Waals surface area (Å²) in [6.07, 6.45) is 0. The molecule has 1 N–H and O–H groups in total. The van der Waals surface area contributed by atoms with E-state index in [9.17, 15) is 9.90 Å². The number of thiazole rings is 1. The molecule has 142 valence electrons. The molecule has 1 amide bonds. The third kappa shape index (κ3) is 5.00. The topological polar surface area (TPSA) is 65.9 Å². The molecule has 6 nitrogen and oxygen atoms in total. The summed E-state index contributed by atoms with van der Waals surface area (Å²) < 4.78 is 5.12. The van der Waals surface area contributed by atoms with Crippen molar-refractivity contribution in [2.24, 2.45) is 11.8 Å². The second-order valence-corrected chi connectivity index (χ2v) is 8.32. The third-order valence-electron chi connectivity index (χ3n) is 4.82. The molecule has 0 bridgehead atoms. The van der Waals surface area contributed by atoms with Crippen molar-refractivity contribution < 1.29 is 14.6 Å². The predicted octanol–water partition coefficient (Wildman–Crippen LogP) is 1.83. The average Bonchev–Trinajstić information content (AvgIpc) is 3.16. The zero-order chi connectivity index (χ0) is 18.6. The lowest BCUT2D eigenvalue weighted by atomic mass is 9.96. The van der Waals surface area contributed by atoms with Gasteiger partial charge < -0.3 is 19.6 Å². The van der Waals surface area contributed by atoms with Gasteiger partial charge in [-0.15, -0.1) is 11.3 Å². The number of hydrogen-bond donors (Lipinski definition) is 1. The normalized spacial score (nSPS) is 20.9. The molecule has 2 unspecified atom stereocenters. The van der Waals surface area contributed by atoms with E-state index in [1.807, 2.05) is 11.8 Å². The van der Waals surface area contributed by atoms with Crippen LogP contribution in [-0.2, 0) is 4.74 Å². The first-order chi connectivity index (χ1) is 11.9. The summed E-state index contributed by atoms with van der Waals surface area (Å²) in [5, 5.41) is 10.7. The zero-order valence-corrected chi connectivity index (χ0v) is 16.8. The Balaban J connectivity index is 2.04. The first kappa shape index (κ1) is 20.3. The van der Waals surface area contributed by atoms with E-state index in [0.717, 1.165) is 28.7 Å². The predicted molar refractivity (Wildman–Crippen MR) is 100 cm³/mol. The van der Waals surface area contributed by atoms with Gasteiger partial charge >= 0.3 is 0 Å². The maximum atomic E-state index is 12.9. The van der Waals surface area contributed by atoms with Crippen LogP contribution in [0.15, 0.2) is 0 Å². The highest BCUT2D eigenvalue weighted by Crippen LogP contribution is 2.30. The number of amides is 1. The molecule has 0 aromatic carbocycles. The summed E-state index contributed by atoms with van der Waals surface area (Å²) in [5.41, 5.74) is 0.819. The largest absolute Gasteiger partial charge is 0.396 e. The molecule has 0 spiro atoms. The molecule has 1 aliphatic heterocycles. The lowest BCUT2D eigenvalue weighted by Crippen LogP contribution is -2.33. The minimum Gasteiger partial charge on any atom is -0.396 e. The van der Waals surface area contributed by atoms with Crippen molar-refractivity contribution in [2.75, 3.05) is 53.6 Å². The number of aliphatic hydroxyl groups is 1. The van der Waals surface area contributed by atoms with E-state index in [-0.39, 0.29) is 24.3 Å². The van der Waals surface area contributed by atoms with E-state index in [1.165, 1.54) is 11.3 Å². The number of ether oxygens (including phenoxy) is 1. The average molecular weight is 370 g/mol. The number of nitrogens with zero attached hydrogens (tertiary/aromatic N) is 3. The summed E-state index contributed by atoms with van der Waals surface area (Å²) in [5.74, 6) is 0.805. The van der Waals surface area contributed by atoms with Gasteiger partial charge in [-0.3, -0.25) is 4.79 Å². The Bertz CT molecular complexity index is 576. The zero-order valence-electron chi connectivity index (χ0n) is 16.0. The molecule has 25 heavy (non-hydrogen) atoms. The smallest absolute Gasteiger partial charge is 0.265 e. The van der Waals surface area contributed by atoms with Crippen molar-refractivity contribution in [3.8, 4) is 0 Å². The van der Waals surface area contributed by atoms with Crippen LogP contribution in [0.5, 0.6) is 0 Å². The molecular weight excluding hydrogens is 338 g/mol. The van der Waals surface area contributed by atoms with Gasteiger partial charge in [0.25, 0.3) is 5.91 Å². The molecule has 1 fully saturated rings. The Morgan fingerprint density at radius 1 is 1.44 bits per heavy atom. The van der Waals surface area contributed by atoms with Crippen molar-refractivity contribution in [2.45, 2.75) is 26.7 Å². The van der Waals surface area contributed by atoms with Gasteiger partial charge in [-0.05, 0) is 19.9 Å². The fraction of sp³-hybridized carbons (Fsp3) is 0.778. The van der Waals surface area contributed by atoms with Gasteiger partial charge in [0, 0.05) is 51.7 Å². The minimum absolute atomic E-state index is 0.0578. The summed E-state index contributed by atoms with van der Waals surface area (Å²) >= 11 is 1.51. The second kappa shape index (κ2) is 9.07. The van der Waals surface area contributed by atoms with Gasteiger partial charge in [-0.2, -0.15) is 0 Å². The van der Waals surface area contributed by atoms with Gasteiger partial charge in [0.1, 0.15) is 4.88 Å². The Morgan fingerprint density at radius 3 is 2.68 bits per heavy atom. The van der Waals surface area contributed by atoms with E-state index >= 15 is 0 Å². The van der Waals surface area contributed by atoms with Crippen LogP contribution in [0.1, 0.15) is 40.1 Å². The fourth-order valence-electron chi connectivity index (χ4n) is 3.26. The molecule has 0 aliphatic carbocycles. The monoisotopic (exact) mass is 369 g/mol. The van der Waals surface area contributed by atoms with Crippen molar-refractivity contribution >= 4 is 17.2 Å². The third-order valence-corrected chi connectivity index (χ3v) is 6.27. The van der Waals surface area contributed by atoms with Crippen LogP contribution in [0.4, 0.5) is 0 Å². The molecule has 2 atom stereocenters. The number of likely N-dealkylation sites (tertiary alicyclic amines) is 1. The van der Waals surface area contributed by atoms with Crippen LogP contribution >= 0.6 is 11.3 Å². The highest BCUT2D eigenvalue weighted by Gasteiger charge is 2.36. The Morgan fingerprint density at radius 2 is 2.12 bits per heavy atom. The second-order valence-electron chi connectivity index (χ2n) is 7.29. The number of carbonyl (C=O) groups excluding carboxylic acids is 1. The van der Waals surface area contributed by atoms with Gasteiger partial charge in [0.2, 0.25) is 0 Å². The molecule has 1 aromatic heterocycles. The van der Waals surface area contributed by atoms with Crippen molar-refractivity contribution in [3.05, 3.63) is 15.6 Å². The van der Waals surface area contributed by atoms with Crippen molar-refractivity contribution in [1.82, 2.24) is 14.8 Å². The van der Waals surface area contributed by atoms with E-state index in [2.05, 4.69) is 30.8 Å². The Kier molecular flexibility index (Phi) is 7.37. The highest BCUT2D eigenvalue weighted by atomic mass is 32.1. The Hall–Kier alpha value is -1.02. The number of methoxy groups -OCH3 is 1. The Labute approximate surface area is 154 Å². The van der Waals surface area contributed by atoms with Gasteiger partial charge in [0.15, 0.2) is 0 Å². The quantitative estimate of drug-likeness (QED) is 0.757. The SMILES string of the molecule is COCCN(C)CC1CN(C(=O)c2sc(C(C)C)nc2C)CC1CO. The number of hydrogen-bond acceptors (Lipinski definition) is 6. The number of rotatable bonds is 8. The summed E-state index contributed by atoms with van der Waals surface area (Å²) in [6, 6.07) is 0.